The Morgan fingerprint density at radius 2 is 1.81 bits per heavy atom. The Morgan fingerprint density at radius 1 is 1.19 bits per heavy atom. The summed E-state index contributed by atoms with van der Waals surface area (Å²) in [5.74, 6) is 0. The molecule has 0 aromatic heterocycles. The topological polar surface area (TPSA) is 15.3 Å². The van der Waals surface area contributed by atoms with Gasteiger partial charge in [0.05, 0.1) is 0 Å². The van der Waals surface area contributed by atoms with E-state index in [9.17, 15) is 0 Å². The second-order valence-corrected chi connectivity index (χ2v) is 7.00. The summed E-state index contributed by atoms with van der Waals surface area (Å²) in [6.45, 7) is 7.23. The van der Waals surface area contributed by atoms with Gasteiger partial charge in [-0.25, -0.2) is 0 Å². The lowest BCUT2D eigenvalue weighted by Crippen LogP contribution is -2.60. The number of likely N-dealkylation sites (N-methyl/N-ethyl adjacent to an activating group) is 1. The first-order valence-corrected chi connectivity index (χ1v) is 9.13. The van der Waals surface area contributed by atoms with Gasteiger partial charge >= 0.3 is 0 Å². The Bertz CT molecular complexity index is 437. The minimum atomic E-state index is 0.278. The van der Waals surface area contributed by atoms with Crippen LogP contribution in [-0.2, 0) is 6.42 Å². The molecule has 1 N–H and O–H groups in total. The Morgan fingerprint density at radius 3 is 2.33 bits per heavy atom. The van der Waals surface area contributed by atoms with Gasteiger partial charge in [-0.3, -0.25) is 4.90 Å². The van der Waals surface area contributed by atoms with Crippen molar-refractivity contribution in [1.82, 2.24) is 10.2 Å². The molecule has 1 aliphatic rings. The molecule has 118 valence electrons. The van der Waals surface area contributed by atoms with Crippen LogP contribution >= 0.6 is 15.9 Å². The van der Waals surface area contributed by atoms with Crippen LogP contribution in [0.15, 0.2) is 28.7 Å². The maximum Gasteiger partial charge on any atom is 0.0360 e. The summed E-state index contributed by atoms with van der Waals surface area (Å²) in [6.07, 6.45) is 6.20. The average Bonchev–Trinajstić information content (AvgIpc) is 3.04. The van der Waals surface area contributed by atoms with E-state index in [2.05, 4.69) is 71.3 Å². The number of nitrogens with zero attached hydrogens (tertiary/aromatic N) is 1. The van der Waals surface area contributed by atoms with Gasteiger partial charge in [-0.2, -0.15) is 0 Å². The van der Waals surface area contributed by atoms with Gasteiger partial charge in [0, 0.05) is 16.1 Å². The predicted molar refractivity (Wildman–Crippen MR) is 94.8 cm³/mol. The molecule has 1 saturated heterocycles. The molecule has 0 bridgehead atoms. The van der Waals surface area contributed by atoms with Crippen LogP contribution in [0.1, 0.15) is 45.1 Å². The molecule has 0 aliphatic carbocycles. The predicted octanol–water partition coefficient (Wildman–Crippen LogP) is 4.23. The molecule has 1 fully saturated rings. The molecule has 2 nitrogen and oxygen atoms in total. The Hall–Kier alpha value is -0.380. The molecule has 0 saturated carbocycles. The fourth-order valence-electron chi connectivity index (χ4n) is 4.02. The highest BCUT2D eigenvalue weighted by molar-refractivity contribution is 9.10. The Labute approximate surface area is 138 Å². The van der Waals surface area contributed by atoms with Crippen molar-refractivity contribution in [3.05, 3.63) is 34.3 Å². The van der Waals surface area contributed by atoms with Gasteiger partial charge in [0.25, 0.3) is 0 Å². The summed E-state index contributed by atoms with van der Waals surface area (Å²) < 4.78 is 1.23. The fraction of sp³-hybridized carbons (Fsp3) is 0.667. The molecule has 3 heteroatoms. The van der Waals surface area contributed by atoms with Crippen LogP contribution in [0.5, 0.6) is 0 Å². The Balaban J connectivity index is 2.25. The zero-order chi connectivity index (χ0) is 15.3. The highest BCUT2D eigenvalue weighted by atomic mass is 79.9. The van der Waals surface area contributed by atoms with E-state index in [0.717, 1.165) is 6.42 Å². The van der Waals surface area contributed by atoms with Crippen LogP contribution in [0.3, 0.4) is 0 Å². The van der Waals surface area contributed by atoms with Gasteiger partial charge in [-0.05, 0) is 63.9 Å². The van der Waals surface area contributed by atoms with Crippen molar-refractivity contribution >= 4 is 15.9 Å². The molecule has 1 aromatic rings. The number of hydrogen-bond donors (Lipinski definition) is 1. The lowest BCUT2D eigenvalue weighted by Gasteiger charge is -2.47. The van der Waals surface area contributed by atoms with E-state index in [-0.39, 0.29) is 5.54 Å². The molecule has 1 aliphatic heterocycles. The number of likely N-dealkylation sites (tertiary alicyclic amines) is 1. The molecule has 1 aromatic carbocycles. The second-order valence-electron chi connectivity index (χ2n) is 6.14. The normalized spacial score (nSPS) is 18.1. The number of nitrogens with one attached hydrogen (secondary N) is 1. The summed E-state index contributed by atoms with van der Waals surface area (Å²) in [5, 5.41) is 3.63. The summed E-state index contributed by atoms with van der Waals surface area (Å²) >= 11 is 3.71. The summed E-state index contributed by atoms with van der Waals surface area (Å²) in [5.41, 5.74) is 1.68. The van der Waals surface area contributed by atoms with Crippen LogP contribution in [0, 0.1) is 0 Å². The van der Waals surface area contributed by atoms with Gasteiger partial charge in [0.2, 0.25) is 0 Å². The first kappa shape index (κ1) is 17.0. The van der Waals surface area contributed by atoms with Crippen molar-refractivity contribution < 1.29 is 0 Å². The molecule has 1 unspecified atom stereocenters. The molecule has 0 spiro atoms. The third-order valence-corrected chi connectivity index (χ3v) is 6.11. The van der Waals surface area contributed by atoms with Gasteiger partial charge in [-0.1, -0.05) is 48.0 Å². The molecule has 1 heterocycles. The number of halogens is 1. The van der Waals surface area contributed by atoms with Crippen LogP contribution in [-0.4, -0.2) is 36.6 Å². The van der Waals surface area contributed by atoms with Crippen molar-refractivity contribution in [2.24, 2.45) is 0 Å². The molecular weight excluding hydrogens is 324 g/mol. The zero-order valence-electron chi connectivity index (χ0n) is 13.7. The van der Waals surface area contributed by atoms with Crippen molar-refractivity contribution in [2.45, 2.75) is 57.5 Å². The quantitative estimate of drug-likeness (QED) is 0.789. The SMILES string of the molecule is CCC(CC)(C(Cc1ccccc1Br)NC)N1CCCC1. The lowest BCUT2D eigenvalue weighted by atomic mass is 9.80. The van der Waals surface area contributed by atoms with E-state index in [1.165, 1.54) is 48.8 Å². The first-order valence-electron chi connectivity index (χ1n) is 8.33. The van der Waals surface area contributed by atoms with Gasteiger partial charge in [-0.15, -0.1) is 0 Å². The van der Waals surface area contributed by atoms with Crippen molar-refractivity contribution in [2.75, 3.05) is 20.1 Å². The number of rotatable bonds is 7. The summed E-state index contributed by atoms with van der Waals surface area (Å²) in [7, 11) is 2.12. The minimum Gasteiger partial charge on any atom is -0.315 e. The van der Waals surface area contributed by atoms with E-state index < -0.39 is 0 Å². The maximum atomic E-state index is 3.71. The molecular formula is C18H29BrN2. The van der Waals surface area contributed by atoms with Crippen LogP contribution < -0.4 is 5.32 Å². The molecule has 0 amide bonds. The summed E-state index contributed by atoms with van der Waals surface area (Å²) in [6, 6.07) is 9.12. The Kier molecular flexibility index (Phi) is 6.27. The molecule has 0 radical (unpaired) electrons. The smallest absolute Gasteiger partial charge is 0.0360 e. The van der Waals surface area contributed by atoms with E-state index in [4.69, 9.17) is 0 Å². The van der Waals surface area contributed by atoms with Gasteiger partial charge in [0.1, 0.15) is 0 Å². The highest BCUT2D eigenvalue weighted by Crippen LogP contribution is 2.33. The standard InChI is InChI=1S/C18H29BrN2/c1-4-18(5-2,21-12-8-9-13-21)17(20-3)14-15-10-6-7-11-16(15)19/h6-7,10-11,17,20H,4-5,8-9,12-14H2,1-3H3. The lowest BCUT2D eigenvalue weighted by molar-refractivity contribution is 0.0650. The third kappa shape index (κ3) is 3.52. The van der Waals surface area contributed by atoms with Gasteiger partial charge in [0.15, 0.2) is 0 Å². The first-order chi connectivity index (χ1) is 10.2. The van der Waals surface area contributed by atoms with Crippen LogP contribution in [0.4, 0.5) is 0 Å². The highest BCUT2D eigenvalue weighted by Gasteiger charge is 2.41. The van der Waals surface area contributed by atoms with Crippen molar-refractivity contribution in [3.63, 3.8) is 0 Å². The van der Waals surface area contributed by atoms with Crippen molar-refractivity contribution in [3.8, 4) is 0 Å². The third-order valence-electron chi connectivity index (χ3n) is 5.34. The second kappa shape index (κ2) is 7.75. The van der Waals surface area contributed by atoms with Crippen molar-refractivity contribution in [1.29, 1.82) is 0 Å². The van der Waals surface area contributed by atoms with E-state index in [1.54, 1.807) is 0 Å². The average molecular weight is 353 g/mol. The van der Waals surface area contributed by atoms with Gasteiger partial charge < -0.3 is 5.32 Å². The zero-order valence-corrected chi connectivity index (χ0v) is 15.2. The number of hydrogen-bond acceptors (Lipinski definition) is 2. The largest absolute Gasteiger partial charge is 0.315 e. The van der Waals surface area contributed by atoms with E-state index in [1.807, 2.05) is 0 Å². The molecule has 21 heavy (non-hydrogen) atoms. The number of benzene rings is 1. The maximum absolute atomic E-state index is 3.71. The molecule has 1 atom stereocenters. The monoisotopic (exact) mass is 352 g/mol. The molecule has 2 rings (SSSR count). The minimum absolute atomic E-state index is 0.278. The van der Waals surface area contributed by atoms with Crippen LogP contribution in [0.2, 0.25) is 0 Å². The van der Waals surface area contributed by atoms with E-state index >= 15 is 0 Å². The fourth-order valence-corrected chi connectivity index (χ4v) is 4.46. The van der Waals surface area contributed by atoms with Crippen LogP contribution in [0.25, 0.3) is 0 Å². The summed E-state index contributed by atoms with van der Waals surface area (Å²) in [4.78, 5) is 2.74. The van der Waals surface area contributed by atoms with E-state index in [0.29, 0.717) is 6.04 Å².